The normalized spacial score (nSPS) is 18.2. The van der Waals surface area contributed by atoms with Crippen LogP contribution in [0.2, 0.25) is 0 Å². The van der Waals surface area contributed by atoms with E-state index in [1.807, 2.05) is 11.6 Å². The molecular formula is C17H31N5O2. The Bertz CT molecular complexity index is 525. The minimum Gasteiger partial charge on any atom is -0.379 e. The van der Waals surface area contributed by atoms with E-state index in [0.29, 0.717) is 25.0 Å². The number of morpholine rings is 1. The molecule has 1 aliphatic heterocycles. The molecule has 2 unspecified atom stereocenters. The van der Waals surface area contributed by atoms with Gasteiger partial charge in [-0.1, -0.05) is 6.92 Å². The number of carbonyl (C=O) groups excluding carboxylic acids is 1. The largest absolute Gasteiger partial charge is 0.379 e. The van der Waals surface area contributed by atoms with E-state index in [1.54, 1.807) is 0 Å². The third kappa shape index (κ3) is 5.79. The fourth-order valence-corrected chi connectivity index (χ4v) is 2.94. The summed E-state index contributed by atoms with van der Waals surface area (Å²) in [5.74, 6) is 0.324. The molecule has 7 heteroatoms. The van der Waals surface area contributed by atoms with Gasteiger partial charge in [0.2, 0.25) is 0 Å². The molecular weight excluding hydrogens is 306 g/mol. The number of amides is 2. The Balaban J connectivity index is 1.64. The Morgan fingerprint density at radius 3 is 2.54 bits per heavy atom. The highest BCUT2D eigenvalue weighted by atomic mass is 16.5. The Morgan fingerprint density at radius 2 is 1.92 bits per heavy atom. The molecule has 0 bridgehead atoms. The van der Waals surface area contributed by atoms with Crippen molar-refractivity contribution in [3.63, 3.8) is 0 Å². The number of aryl methyl sites for hydroxylation is 2. The summed E-state index contributed by atoms with van der Waals surface area (Å²) in [5, 5.41) is 10.4. The van der Waals surface area contributed by atoms with E-state index in [-0.39, 0.29) is 6.03 Å². The lowest BCUT2D eigenvalue weighted by Gasteiger charge is -2.32. The van der Waals surface area contributed by atoms with E-state index in [4.69, 9.17) is 4.74 Å². The quantitative estimate of drug-likeness (QED) is 0.783. The van der Waals surface area contributed by atoms with Gasteiger partial charge in [-0.25, -0.2) is 4.79 Å². The van der Waals surface area contributed by atoms with Crippen molar-refractivity contribution >= 4 is 6.03 Å². The summed E-state index contributed by atoms with van der Waals surface area (Å²) >= 11 is 0. The van der Waals surface area contributed by atoms with Gasteiger partial charge in [0.15, 0.2) is 0 Å². The second-order valence-corrected chi connectivity index (χ2v) is 6.80. The fourth-order valence-electron chi connectivity index (χ4n) is 2.94. The number of nitrogens with one attached hydrogen (secondary N) is 2. The van der Waals surface area contributed by atoms with Crippen LogP contribution in [0.25, 0.3) is 0 Å². The summed E-state index contributed by atoms with van der Waals surface area (Å²) in [6.45, 7) is 13.8. The molecule has 0 saturated carbocycles. The molecule has 0 aliphatic carbocycles. The van der Waals surface area contributed by atoms with Gasteiger partial charge >= 0.3 is 6.03 Å². The van der Waals surface area contributed by atoms with Gasteiger partial charge < -0.3 is 15.4 Å². The molecule has 1 saturated heterocycles. The highest BCUT2D eigenvalue weighted by Gasteiger charge is 2.17. The number of hydrogen-bond donors (Lipinski definition) is 2. The first-order valence-corrected chi connectivity index (χ1v) is 8.80. The summed E-state index contributed by atoms with van der Waals surface area (Å²) in [6, 6.07) is 2.29. The lowest BCUT2D eigenvalue weighted by atomic mass is 10.2. The molecule has 2 amide bonds. The van der Waals surface area contributed by atoms with Crippen molar-refractivity contribution in [3.05, 3.63) is 17.5 Å². The molecule has 1 aliphatic rings. The van der Waals surface area contributed by atoms with E-state index < -0.39 is 0 Å². The Labute approximate surface area is 144 Å². The van der Waals surface area contributed by atoms with Crippen LogP contribution >= 0.6 is 0 Å². The Kier molecular flexibility index (Phi) is 7.05. The van der Waals surface area contributed by atoms with Crippen molar-refractivity contribution in [3.8, 4) is 0 Å². The van der Waals surface area contributed by atoms with Gasteiger partial charge in [0.05, 0.1) is 18.9 Å². The second-order valence-electron chi connectivity index (χ2n) is 6.80. The average Bonchev–Trinajstić information content (AvgIpc) is 2.88. The van der Waals surface area contributed by atoms with Crippen molar-refractivity contribution in [2.45, 2.75) is 40.3 Å². The van der Waals surface area contributed by atoms with Crippen LogP contribution in [0, 0.1) is 19.8 Å². The average molecular weight is 337 g/mol. The third-order valence-electron chi connectivity index (χ3n) is 4.43. The maximum Gasteiger partial charge on any atom is 0.314 e. The minimum absolute atomic E-state index is 0.102. The molecule has 24 heavy (non-hydrogen) atoms. The first-order chi connectivity index (χ1) is 11.5. The topological polar surface area (TPSA) is 71.4 Å². The first-order valence-electron chi connectivity index (χ1n) is 8.80. The van der Waals surface area contributed by atoms with E-state index >= 15 is 0 Å². The highest BCUT2D eigenvalue weighted by Crippen LogP contribution is 2.06. The van der Waals surface area contributed by atoms with Crippen molar-refractivity contribution in [1.29, 1.82) is 0 Å². The van der Waals surface area contributed by atoms with Crippen LogP contribution in [0.3, 0.4) is 0 Å². The second kappa shape index (κ2) is 9.03. The summed E-state index contributed by atoms with van der Waals surface area (Å²) < 4.78 is 7.35. The third-order valence-corrected chi connectivity index (χ3v) is 4.43. The number of aromatic nitrogens is 2. The molecule has 2 rings (SSSR count). The van der Waals surface area contributed by atoms with Crippen LogP contribution in [-0.4, -0.2) is 66.1 Å². The number of hydrogen-bond acceptors (Lipinski definition) is 4. The van der Waals surface area contributed by atoms with Crippen LogP contribution in [0.5, 0.6) is 0 Å². The Morgan fingerprint density at radius 1 is 1.25 bits per heavy atom. The lowest BCUT2D eigenvalue weighted by molar-refractivity contribution is 0.0209. The maximum atomic E-state index is 12.0. The zero-order valence-electron chi connectivity index (χ0n) is 15.3. The summed E-state index contributed by atoms with van der Waals surface area (Å²) in [7, 11) is 0. The van der Waals surface area contributed by atoms with Crippen LogP contribution in [0.1, 0.15) is 25.2 Å². The maximum absolute atomic E-state index is 12.0. The van der Waals surface area contributed by atoms with E-state index in [1.165, 1.54) is 0 Å². The van der Waals surface area contributed by atoms with Gasteiger partial charge in [0.1, 0.15) is 0 Å². The van der Waals surface area contributed by atoms with Gasteiger partial charge in [-0.15, -0.1) is 0 Å². The molecule has 0 aromatic carbocycles. The van der Waals surface area contributed by atoms with Crippen molar-refractivity contribution < 1.29 is 9.53 Å². The zero-order valence-corrected chi connectivity index (χ0v) is 15.3. The minimum atomic E-state index is -0.102. The number of carbonyl (C=O) groups is 1. The molecule has 1 aromatic rings. The number of ether oxygens (including phenoxy) is 1. The molecule has 1 aromatic heterocycles. The standard InChI is InChI=1S/C17H31N5O2/c1-13(12-22-15(3)9-14(2)20-22)10-18-17(23)19-11-16(4)21-5-7-24-8-6-21/h9,13,16H,5-8,10-12H2,1-4H3,(H2,18,19,23). The van der Waals surface area contributed by atoms with Gasteiger partial charge in [-0.3, -0.25) is 9.58 Å². The molecule has 1 fully saturated rings. The predicted molar refractivity (Wildman–Crippen MR) is 94.1 cm³/mol. The summed E-state index contributed by atoms with van der Waals surface area (Å²) in [4.78, 5) is 14.3. The highest BCUT2D eigenvalue weighted by molar-refractivity contribution is 5.73. The number of nitrogens with zero attached hydrogens (tertiary/aromatic N) is 3. The Hall–Kier alpha value is -1.60. The molecule has 2 N–H and O–H groups in total. The van der Waals surface area contributed by atoms with Crippen LogP contribution in [0.15, 0.2) is 6.07 Å². The first kappa shape index (κ1) is 18.7. The van der Waals surface area contributed by atoms with Crippen molar-refractivity contribution in [2.24, 2.45) is 5.92 Å². The molecule has 7 nitrogen and oxygen atoms in total. The molecule has 0 radical (unpaired) electrons. The van der Waals surface area contributed by atoms with E-state index in [2.05, 4.69) is 47.5 Å². The fraction of sp³-hybridized carbons (Fsp3) is 0.765. The van der Waals surface area contributed by atoms with Gasteiger partial charge in [-0.05, 0) is 32.8 Å². The van der Waals surface area contributed by atoms with Crippen molar-refractivity contribution in [2.75, 3.05) is 39.4 Å². The molecule has 2 atom stereocenters. The number of urea groups is 1. The molecule has 136 valence electrons. The molecule has 2 heterocycles. The van der Waals surface area contributed by atoms with Crippen LogP contribution in [-0.2, 0) is 11.3 Å². The van der Waals surface area contributed by atoms with Crippen LogP contribution in [0.4, 0.5) is 4.79 Å². The summed E-state index contributed by atoms with van der Waals surface area (Å²) in [6.07, 6.45) is 0. The number of rotatable bonds is 7. The lowest BCUT2D eigenvalue weighted by Crippen LogP contribution is -2.49. The van der Waals surface area contributed by atoms with Gasteiger partial charge in [0.25, 0.3) is 0 Å². The monoisotopic (exact) mass is 337 g/mol. The summed E-state index contributed by atoms with van der Waals surface area (Å²) in [5.41, 5.74) is 2.19. The smallest absolute Gasteiger partial charge is 0.314 e. The van der Waals surface area contributed by atoms with Gasteiger partial charge in [0, 0.05) is 44.5 Å². The SMILES string of the molecule is Cc1cc(C)n(CC(C)CNC(=O)NCC(C)N2CCOCC2)n1. The van der Waals surface area contributed by atoms with Gasteiger partial charge in [-0.2, -0.15) is 5.10 Å². The van der Waals surface area contributed by atoms with Crippen LogP contribution < -0.4 is 10.6 Å². The van der Waals surface area contributed by atoms with Crippen molar-refractivity contribution in [1.82, 2.24) is 25.3 Å². The predicted octanol–water partition coefficient (Wildman–Crippen LogP) is 1.16. The zero-order chi connectivity index (χ0) is 17.5. The molecule has 0 spiro atoms. The van der Waals surface area contributed by atoms with E-state index in [0.717, 1.165) is 44.2 Å². The van der Waals surface area contributed by atoms with E-state index in [9.17, 15) is 4.79 Å².